The summed E-state index contributed by atoms with van der Waals surface area (Å²) in [6.45, 7) is 3.99. The lowest BCUT2D eigenvalue weighted by molar-refractivity contribution is 0.103. The Hall–Kier alpha value is -1.12. The topological polar surface area (TPSA) is 80.0 Å². The molecule has 0 saturated carbocycles. The van der Waals surface area contributed by atoms with Gasteiger partial charge < -0.3 is 16.4 Å². The predicted molar refractivity (Wildman–Crippen MR) is 95.1 cm³/mol. The van der Waals surface area contributed by atoms with Crippen LogP contribution in [0.5, 0.6) is 0 Å². The molecule has 1 aromatic carbocycles. The molecule has 2 aromatic rings. The van der Waals surface area contributed by atoms with Crippen LogP contribution in [0, 0.1) is 0 Å². The molecule has 0 aliphatic heterocycles. The van der Waals surface area contributed by atoms with E-state index < -0.39 is 0 Å². The van der Waals surface area contributed by atoms with Crippen LogP contribution in [0.1, 0.15) is 23.5 Å². The number of aromatic nitrogens is 1. The van der Waals surface area contributed by atoms with Crippen LogP contribution in [0.25, 0.3) is 0 Å². The summed E-state index contributed by atoms with van der Waals surface area (Å²) in [5.41, 5.74) is 6.48. The Morgan fingerprint density at radius 3 is 2.52 bits per heavy atom. The Morgan fingerprint density at radius 1 is 1.33 bits per heavy atom. The molecule has 0 aliphatic rings. The molecule has 0 fully saturated rings. The molecule has 8 heteroatoms. The van der Waals surface area contributed by atoms with E-state index in [-0.39, 0.29) is 17.8 Å². The molecule has 5 nitrogen and oxygen atoms in total. The number of hydrogen-bond acceptors (Lipinski definition) is 5. The number of thiazole rings is 1. The third-order valence-electron chi connectivity index (χ3n) is 2.47. The SMILES string of the molecule is CC(C)Nc1nc(N)c(C(=O)Nc2c(Br)cccc2Br)s1. The number of nitrogens with two attached hydrogens (primary N) is 1. The maximum Gasteiger partial charge on any atom is 0.269 e. The summed E-state index contributed by atoms with van der Waals surface area (Å²) in [6, 6.07) is 5.80. The Kier molecular flexibility index (Phi) is 5.23. The van der Waals surface area contributed by atoms with Gasteiger partial charge in [-0.1, -0.05) is 17.4 Å². The van der Waals surface area contributed by atoms with Crippen LogP contribution in [0.2, 0.25) is 0 Å². The molecule has 2 rings (SSSR count). The number of halogens is 2. The zero-order valence-electron chi connectivity index (χ0n) is 11.4. The van der Waals surface area contributed by atoms with Crippen molar-refractivity contribution in [2.24, 2.45) is 0 Å². The smallest absolute Gasteiger partial charge is 0.269 e. The monoisotopic (exact) mass is 432 g/mol. The first-order valence-corrected chi connectivity index (χ1v) is 8.57. The van der Waals surface area contributed by atoms with Gasteiger partial charge in [0.25, 0.3) is 5.91 Å². The minimum atomic E-state index is -0.283. The molecule has 0 unspecified atom stereocenters. The van der Waals surface area contributed by atoms with Crippen LogP contribution in [-0.2, 0) is 0 Å². The molecule has 1 aromatic heterocycles. The third kappa shape index (κ3) is 3.96. The number of carbonyl (C=O) groups excluding carboxylic acids is 1. The van der Waals surface area contributed by atoms with Crippen LogP contribution in [-0.4, -0.2) is 16.9 Å². The van der Waals surface area contributed by atoms with Gasteiger partial charge in [-0.3, -0.25) is 4.79 Å². The van der Waals surface area contributed by atoms with Gasteiger partial charge in [0.15, 0.2) is 5.13 Å². The number of anilines is 3. The Balaban J connectivity index is 2.23. The van der Waals surface area contributed by atoms with Gasteiger partial charge in [-0.25, -0.2) is 4.98 Å². The summed E-state index contributed by atoms with van der Waals surface area (Å²) in [5.74, 6) is -0.0572. The fraction of sp³-hybridized carbons (Fsp3) is 0.231. The van der Waals surface area contributed by atoms with Gasteiger partial charge in [-0.05, 0) is 57.8 Å². The largest absolute Gasteiger partial charge is 0.382 e. The standard InChI is InChI=1S/C13H14Br2N4OS/c1-6(2)17-13-19-11(16)10(21-13)12(20)18-9-7(14)4-3-5-8(9)15/h3-6H,16H2,1-2H3,(H,17,19)(H,18,20). The molecule has 0 atom stereocenters. The number of carbonyl (C=O) groups is 1. The van der Waals surface area contributed by atoms with E-state index >= 15 is 0 Å². The highest BCUT2D eigenvalue weighted by Crippen LogP contribution is 2.32. The van der Waals surface area contributed by atoms with Crippen molar-refractivity contribution in [3.8, 4) is 0 Å². The van der Waals surface area contributed by atoms with E-state index in [0.29, 0.717) is 15.7 Å². The Morgan fingerprint density at radius 2 is 1.95 bits per heavy atom. The summed E-state index contributed by atoms with van der Waals surface area (Å²) in [4.78, 5) is 16.9. The average Bonchev–Trinajstić information content (AvgIpc) is 2.74. The van der Waals surface area contributed by atoms with Gasteiger partial charge in [0.05, 0.1) is 5.69 Å². The number of nitrogen functional groups attached to an aromatic ring is 1. The second-order valence-corrected chi connectivity index (χ2v) is 7.29. The van der Waals surface area contributed by atoms with E-state index in [2.05, 4.69) is 47.5 Å². The first-order chi connectivity index (χ1) is 9.88. The molecule has 21 heavy (non-hydrogen) atoms. The van der Waals surface area contributed by atoms with E-state index in [1.165, 1.54) is 11.3 Å². The van der Waals surface area contributed by atoms with Crippen molar-refractivity contribution in [1.29, 1.82) is 0 Å². The highest BCUT2D eigenvalue weighted by molar-refractivity contribution is 9.11. The highest BCUT2D eigenvalue weighted by Gasteiger charge is 2.18. The molecule has 112 valence electrons. The first-order valence-electron chi connectivity index (χ1n) is 6.16. The number of nitrogens with one attached hydrogen (secondary N) is 2. The quantitative estimate of drug-likeness (QED) is 0.670. The normalized spacial score (nSPS) is 10.7. The summed E-state index contributed by atoms with van der Waals surface area (Å²) in [5, 5.41) is 6.61. The van der Waals surface area contributed by atoms with Gasteiger partial charge >= 0.3 is 0 Å². The van der Waals surface area contributed by atoms with Crippen molar-refractivity contribution in [3.63, 3.8) is 0 Å². The zero-order valence-corrected chi connectivity index (χ0v) is 15.4. The fourth-order valence-electron chi connectivity index (χ4n) is 1.59. The Labute approximate surface area is 143 Å². The maximum atomic E-state index is 12.3. The summed E-state index contributed by atoms with van der Waals surface area (Å²) in [7, 11) is 0. The molecule has 0 spiro atoms. The van der Waals surface area contributed by atoms with Gasteiger partial charge in [0.2, 0.25) is 0 Å². The van der Waals surface area contributed by atoms with Gasteiger partial charge in [-0.2, -0.15) is 0 Å². The second-order valence-electron chi connectivity index (χ2n) is 4.58. The number of para-hydroxylation sites is 1. The van der Waals surface area contributed by atoms with Gasteiger partial charge in [0, 0.05) is 15.0 Å². The highest BCUT2D eigenvalue weighted by atomic mass is 79.9. The van der Waals surface area contributed by atoms with Gasteiger partial charge in [-0.15, -0.1) is 0 Å². The molecule has 1 heterocycles. The van der Waals surface area contributed by atoms with E-state index in [4.69, 9.17) is 5.73 Å². The minimum absolute atomic E-state index is 0.226. The first kappa shape index (κ1) is 16.3. The number of hydrogen-bond donors (Lipinski definition) is 3. The van der Waals surface area contributed by atoms with Crippen LogP contribution in [0.3, 0.4) is 0 Å². The van der Waals surface area contributed by atoms with Crippen LogP contribution >= 0.6 is 43.2 Å². The van der Waals surface area contributed by atoms with Crippen LogP contribution in [0.4, 0.5) is 16.6 Å². The molecule has 4 N–H and O–H groups in total. The van der Waals surface area contributed by atoms with E-state index in [1.807, 2.05) is 32.0 Å². The molecule has 1 amide bonds. The van der Waals surface area contributed by atoms with Crippen molar-refractivity contribution < 1.29 is 4.79 Å². The summed E-state index contributed by atoms with van der Waals surface area (Å²) >= 11 is 8.05. The third-order valence-corrected chi connectivity index (χ3v) is 4.80. The minimum Gasteiger partial charge on any atom is -0.382 e. The lowest BCUT2D eigenvalue weighted by Gasteiger charge is -2.08. The van der Waals surface area contributed by atoms with Crippen molar-refractivity contribution in [1.82, 2.24) is 4.98 Å². The fourth-order valence-corrected chi connectivity index (χ4v) is 3.71. The Bertz CT molecular complexity index is 652. The second kappa shape index (κ2) is 6.76. The maximum absolute atomic E-state index is 12.3. The molecular weight excluding hydrogens is 420 g/mol. The molecule has 0 saturated heterocycles. The number of benzene rings is 1. The molecular formula is C13H14Br2N4OS. The van der Waals surface area contributed by atoms with Crippen molar-refractivity contribution in [3.05, 3.63) is 32.0 Å². The lowest BCUT2D eigenvalue weighted by Crippen LogP contribution is -2.13. The summed E-state index contributed by atoms with van der Waals surface area (Å²) < 4.78 is 1.57. The van der Waals surface area contributed by atoms with E-state index in [1.54, 1.807) is 0 Å². The number of amides is 1. The average molecular weight is 434 g/mol. The van der Waals surface area contributed by atoms with Crippen LogP contribution < -0.4 is 16.4 Å². The van der Waals surface area contributed by atoms with Crippen molar-refractivity contribution in [2.75, 3.05) is 16.4 Å². The van der Waals surface area contributed by atoms with Crippen LogP contribution in [0.15, 0.2) is 27.1 Å². The van der Waals surface area contributed by atoms with Crippen molar-refractivity contribution in [2.45, 2.75) is 19.9 Å². The predicted octanol–water partition coefficient (Wildman–Crippen LogP) is 4.32. The van der Waals surface area contributed by atoms with E-state index in [9.17, 15) is 4.79 Å². The lowest BCUT2D eigenvalue weighted by atomic mass is 10.3. The van der Waals surface area contributed by atoms with Gasteiger partial charge in [0.1, 0.15) is 10.7 Å². The van der Waals surface area contributed by atoms with Crippen molar-refractivity contribution >= 4 is 65.7 Å². The molecule has 0 bridgehead atoms. The van der Waals surface area contributed by atoms with E-state index in [0.717, 1.165) is 8.95 Å². The zero-order chi connectivity index (χ0) is 15.6. The summed E-state index contributed by atoms with van der Waals surface area (Å²) in [6.07, 6.45) is 0. The number of nitrogens with zero attached hydrogens (tertiary/aromatic N) is 1. The molecule has 0 radical (unpaired) electrons. The molecule has 0 aliphatic carbocycles. The number of rotatable bonds is 4.